The Morgan fingerprint density at radius 2 is 2.06 bits per heavy atom. The lowest BCUT2D eigenvalue weighted by Crippen LogP contribution is -2.49. The van der Waals surface area contributed by atoms with Crippen LogP contribution in [0.15, 0.2) is 72.3 Å². The lowest BCUT2D eigenvalue weighted by molar-refractivity contribution is 0.0460. The van der Waals surface area contributed by atoms with Crippen LogP contribution in [-0.4, -0.2) is 75.2 Å². The van der Waals surface area contributed by atoms with Gasteiger partial charge in [-0.05, 0) is 97.7 Å². The number of rotatable bonds is 13. The Morgan fingerprint density at radius 3 is 2.77 bits per heavy atom. The Morgan fingerprint density at radius 1 is 1.25 bits per heavy atom. The smallest absolute Gasteiger partial charge is 0.285 e. The summed E-state index contributed by atoms with van der Waals surface area (Å²) in [6, 6.07) is 11.4. The van der Waals surface area contributed by atoms with Gasteiger partial charge in [0.1, 0.15) is 11.3 Å². The topological polar surface area (TPSA) is 123 Å². The first-order valence-electron chi connectivity index (χ1n) is 18.0. The van der Waals surface area contributed by atoms with E-state index < -0.39 is 33.3 Å². The molecule has 12 heteroatoms. The second-order valence-corrected chi connectivity index (χ2v) is 17.6. The fraction of sp³-hybridized carbons (Fsp3) is 0.475. The van der Waals surface area contributed by atoms with Crippen molar-refractivity contribution in [2.75, 3.05) is 43.2 Å². The van der Waals surface area contributed by atoms with E-state index in [1.165, 1.54) is 29.1 Å². The third-order valence-corrected chi connectivity index (χ3v) is 13.4. The molecule has 10 nitrogen and oxygen atoms in total. The van der Waals surface area contributed by atoms with E-state index in [1.807, 2.05) is 13.0 Å². The molecule has 0 bridgehead atoms. The second-order valence-electron chi connectivity index (χ2n) is 14.8. The number of methoxy groups -OCH3 is 1. The van der Waals surface area contributed by atoms with Gasteiger partial charge in [0.15, 0.2) is 5.78 Å². The highest BCUT2D eigenvalue weighted by atomic mass is 35.5. The number of ketones is 1. The first-order valence-corrected chi connectivity index (χ1v) is 20.2. The maximum atomic E-state index is 14.5. The average Bonchev–Trinajstić information content (AvgIpc) is 3.41. The molecule has 0 saturated heterocycles. The Labute approximate surface area is 312 Å². The average molecular weight is 749 g/mol. The predicted molar refractivity (Wildman–Crippen MR) is 205 cm³/mol. The van der Waals surface area contributed by atoms with Crippen LogP contribution in [0.5, 0.6) is 11.6 Å². The number of aliphatic hydroxyl groups excluding tert-OH is 1. The number of carbonyl (C=O) groups is 2. The van der Waals surface area contributed by atoms with Gasteiger partial charge < -0.3 is 19.5 Å². The Bertz CT molecular complexity index is 1990. The highest BCUT2D eigenvalue weighted by Gasteiger charge is 2.44. The van der Waals surface area contributed by atoms with Crippen molar-refractivity contribution in [3.05, 3.63) is 95.2 Å². The number of hydrogen-bond acceptors (Lipinski definition) is 8. The molecule has 278 valence electrons. The summed E-state index contributed by atoms with van der Waals surface area (Å²) in [7, 11) is -0.282. The summed E-state index contributed by atoms with van der Waals surface area (Å²) in [5.74, 6) is -0.588. The molecule has 2 heterocycles. The van der Waals surface area contributed by atoms with Crippen molar-refractivity contribution >= 4 is 38.7 Å². The van der Waals surface area contributed by atoms with Crippen molar-refractivity contribution in [3.63, 3.8) is 0 Å². The van der Waals surface area contributed by atoms with Gasteiger partial charge in [0.25, 0.3) is 5.91 Å². The Hall–Kier alpha value is -3.93. The van der Waals surface area contributed by atoms with Crippen molar-refractivity contribution in [1.29, 1.82) is 0 Å². The molecule has 6 atom stereocenters. The normalized spacial score (nSPS) is 23.1. The quantitative estimate of drug-likeness (QED) is 0.149. The van der Waals surface area contributed by atoms with E-state index in [-0.39, 0.29) is 45.9 Å². The largest absolute Gasteiger partial charge is 0.490 e. The van der Waals surface area contributed by atoms with Gasteiger partial charge in [0, 0.05) is 48.1 Å². The van der Waals surface area contributed by atoms with Crippen molar-refractivity contribution < 1.29 is 28.4 Å². The van der Waals surface area contributed by atoms with Gasteiger partial charge in [-0.25, -0.2) is 4.21 Å². The van der Waals surface area contributed by atoms with Gasteiger partial charge >= 0.3 is 0 Å². The Balaban J connectivity index is 1.37. The number of amides is 1. The van der Waals surface area contributed by atoms with E-state index in [1.54, 1.807) is 37.4 Å². The summed E-state index contributed by atoms with van der Waals surface area (Å²) in [5.41, 5.74) is 3.33. The zero-order valence-corrected chi connectivity index (χ0v) is 31.8. The number of aliphatic hydroxyl groups is 1. The third-order valence-electron chi connectivity index (χ3n) is 10.9. The zero-order chi connectivity index (χ0) is 37.2. The minimum atomic E-state index is -3.36. The third kappa shape index (κ3) is 7.87. The maximum Gasteiger partial charge on any atom is 0.285 e. The summed E-state index contributed by atoms with van der Waals surface area (Å²) < 4.78 is 32.2. The van der Waals surface area contributed by atoms with Crippen molar-refractivity contribution in [3.8, 4) is 11.6 Å². The number of aryl methyl sites for hydroxylation is 2. The van der Waals surface area contributed by atoms with Crippen LogP contribution in [0.3, 0.4) is 0 Å². The lowest BCUT2D eigenvalue weighted by Gasteiger charge is -2.45. The van der Waals surface area contributed by atoms with Crippen molar-refractivity contribution in [2.24, 2.45) is 29.2 Å². The van der Waals surface area contributed by atoms with E-state index in [4.69, 9.17) is 21.1 Å². The maximum absolute atomic E-state index is 14.5. The minimum absolute atomic E-state index is 0.0416. The molecule has 1 fully saturated rings. The molecular weight excluding hydrogens is 700 g/mol. The fourth-order valence-corrected chi connectivity index (χ4v) is 10.6. The van der Waals surface area contributed by atoms with Gasteiger partial charge in [0.2, 0.25) is 5.88 Å². The number of halogens is 1. The number of Topliss-reactive ketones (excluding diaryl/α,β-unsaturated/α-hetero) is 1. The molecule has 6 rings (SSSR count). The molecule has 1 aliphatic heterocycles. The van der Waals surface area contributed by atoms with Crippen molar-refractivity contribution in [1.82, 2.24) is 9.78 Å². The highest BCUT2D eigenvalue weighted by molar-refractivity contribution is 7.94. The van der Waals surface area contributed by atoms with Crippen molar-refractivity contribution in [2.45, 2.75) is 57.0 Å². The summed E-state index contributed by atoms with van der Waals surface area (Å²) >= 11 is 6.44. The molecule has 0 unspecified atom stereocenters. The SMILES string of the molecule is C=CC[C@H](C)C[S@@](=O)(CC(=O)c1cn(C)nc1OC)=NC(=O)c1ccc2c(c1)N(C[C@@H]1CC[C@H]1[C@@H](O)C=C)C[C@@]1(CCCc3cc(Cl)ccc31)CO2. The summed E-state index contributed by atoms with van der Waals surface area (Å²) in [5, 5.41) is 15.6. The number of anilines is 1. The molecule has 1 aromatic heterocycles. The number of allylic oxidation sites excluding steroid dienone is 1. The number of aromatic nitrogens is 2. The van der Waals surface area contributed by atoms with E-state index >= 15 is 0 Å². The number of ether oxygens (including phenoxy) is 2. The minimum Gasteiger partial charge on any atom is -0.490 e. The predicted octanol–water partition coefficient (Wildman–Crippen LogP) is 6.83. The highest BCUT2D eigenvalue weighted by Crippen LogP contribution is 2.46. The molecule has 3 aromatic rings. The number of hydrogen-bond donors (Lipinski definition) is 1. The molecule has 3 aliphatic rings. The molecule has 52 heavy (non-hydrogen) atoms. The van der Waals surface area contributed by atoms with E-state index in [2.05, 4.69) is 39.7 Å². The monoisotopic (exact) mass is 748 g/mol. The van der Waals surface area contributed by atoms with Crippen LogP contribution in [0.25, 0.3) is 0 Å². The van der Waals surface area contributed by atoms with Crippen LogP contribution in [0, 0.1) is 17.8 Å². The van der Waals surface area contributed by atoms with Crippen LogP contribution in [0.2, 0.25) is 5.02 Å². The van der Waals surface area contributed by atoms with Crippen LogP contribution >= 0.6 is 11.6 Å². The molecular formula is C40H49ClN4O6S. The number of nitrogens with zero attached hydrogens (tertiary/aromatic N) is 4. The molecule has 0 radical (unpaired) electrons. The van der Waals surface area contributed by atoms with Gasteiger partial charge in [-0.1, -0.05) is 36.7 Å². The van der Waals surface area contributed by atoms with Crippen LogP contribution < -0.4 is 14.4 Å². The molecule has 1 N–H and O–H groups in total. The molecule has 1 amide bonds. The number of benzene rings is 2. The molecule has 2 aromatic carbocycles. The fourth-order valence-electron chi connectivity index (χ4n) is 8.20. The van der Waals surface area contributed by atoms with Gasteiger partial charge in [-0.3, -0.25) is 14.3 Å². The van der Waals surface area contributed by atoms with Gasteiger partial charge in [-0.2, -0.15) is 4.36 Å². The summed E-state index contributed by atoms with van der Waals surface area (Å²) in [6.45, 7) is 11.3. The van der Waals surface area contributed by atoms with Crippen LogP contribution in [0.4, 0.5) is 5.69 Å². The van der Waals surface area contributed by atoms with Crippen LogP contribution in [0.1, 0.15) is 70.9 Å². The molecule has 2 aliphatic carbocycles. The van der Waals surface area contributed by atoms with E-state index in [0.717, 1.165) is 37.8 Å². The summed E-state index contributed by atoms with van der Waals surface area (Å²) in [6.07, 6.45) is 9.57. The van der Waals surface area contributed by atoms with E-state index in [9.17, 15) is 18.9 Å². The van der Waals surface area contributed by atoms with Crippen LogP contribution in [-0.2, 0) is 28.6 Å². The number of fused-ring (bicyclic) bond motifs is 3. The van der Waals surface area contributed by atoms with Gasteiger partial charge in [0.05, 0.1) is 41.0 Å². The van der Waals surface area contributed by atoms with E-state index in [0.29, 0.717) is 36.9 Å². The standard InChI is InChI=1S/C40H49ClN4O6S/c1-6-9-26(3)22-52(49,23-36(47)32-21-44(4)42-39(32)50-5)43-38(48)28-12-16-37-34(19-28)45(20-29-11-14-31(29)35(46)7-2)24-40(25-51-37)17-8-10-27-18-30(41)13-15-33(27)40/h6-7,12-13,15-16,18-19,21,26,29,31,35,46H,1-2,8-11,14,17,20,22-25H2,3-5H3/t26-,29-,31+,35-,40-,52+/m0/s1. The first kappa shape index (κ1) is 37.8. The molecule has 1 saturated carbocycles. The van der Waals surface area contributed by atoms with Gasteiger partial charge in [-0.15, -0.1) is 18.3 Å². The molecule has 1 spiro atoms. The first-order chi connectivity index (χ1) is 24.9. The number of carbonyl (C=O) groups excluding carboxylic acids is 2. The Kier molecular flexibility index (Phi) is 11.3. The zero-order valence-electron chi connectivity index (χ0n) is 30.3. The second kappa shape index (κ2) is 15.6. The summed E-state index contributed by atoms with van der Waals surface area (Å²) in [4.78, 5) is 29.9. The lowest BCUT2D eigenvalue weighted by atomic mass is 9.68.